The van der Waals surface area contributed by atoms with Crippen LogP contribution in [0.1, 0.15) is 19.8 Å². The van der Waals surface area contributed by atoms with Crippen molar-refractivity contribution in [2.24, 2.45) is 0 Å². The predicted molar refractivity (Wildman–Crippen MR) is 49.4 cm³/mol. The summed E-state index contributed by atoms with van der Waals surface area (Å²) in [5.41, 5.74) is 0. The number of carbonyl (C=O) groups excluding carboxylic acids is 2. The normalized spacial score (nSPS) is 11.0. The minimum Gasteiger partial charge on any atom is -0.520 e. The van der Waals surface area contributed by atoms with Crippen molar-refractivity contribution < 1.29 is 14.0 Å². The SMILES string of the molecule is CCC(=O)CC(=O)O[Si](C)(C)C. The van der Waals surface area contributed by atoms with E-state index in [0.717, 1.165) is 0 Å². The van der Waals surface area contributed by atoms with Gasteiger partial charge in [-0.1, -0.05) is 6.92 Å². The van der Waals surface area contributed by atoms with E-state index in [2.05, 4.69) is 0 Å². The third-order valence-corrected chi connectivity index (χ3v) is 2.00. The second-order valence-corrected chi connectivity index (χ2v) is 8.08. The van der Waals surface area contributed by atoms with Crippen molar-refractivity contribution in [1.29, 1.82) is 0 Å². The molecule has 0 radical (unpaired) electrons. The van der Waals surface area contributed by atoms with E-state index in [9.17, 15) is 9.59 Å². The van der Waals surface area contributed by atoms with Gasteiger partial charge in [-0.3, -0.25) is 9.59 Å². The maximum Gasteiger partial charge on any atom is 0.299 e. The number of Topliss-reactive ketones (excluding diaryl/α,β-unsaturated/α-hetero) is 1. The molecule has 4 heteroatoms. The van der Waals surface area contributed by atoms with Gasteiger partial charge in [0.25, 0.3) is 5.97 Å². The molecule has 0 fully saturated rings. The average molecular weight is 188 g/mol. The first kappa shape index (κ1) is 11.4. The Kier molecular flexibility index (Phi) is 4.16. The van der Waals surface area contributed by atoms with Gasteiger partial charge in [-0.15, -0.1) is 0 Å². The molecule has 0 aromatic rings. The molecular formula is C8H16O3Si. The van der Waals surface area contributed by atoms with Crippen molar-refractivity contribution in [2.75, 3.05) is 0 Å². The molecule has 0 saturated carbocycles. The van der Waals surface area contributed by atoms with Crippen LogP contribution >= 0.6 is 0 Å². The van der Waals surface area contributed by atoms with Gasteiger partial charge in [-0.25, -0.2) is 0 Å². The molecule has 0 amide bonds. The summed E-state index contributed by atoms with van der Waals surface area (Å²) in [6.07, 6.45) is 0.335. The van der Waals surface area contributed by atoms with Crippen molar-refractivity contribution in [2.45, 2.75) is 39.4 Å². The molecule has 0 heterocycles. The molecule has 0 atom stereocenters. The van der Waals surface area contributed by atoms with Crippen LogP contribution in [0.15, 0.2) is 0 Å². The molecule has 0 bridgehead atoms. The Labute approximate surface area is 74.2 Å². The summed E-state index contributed by atoms with van der Waals surface area (Å²) in [5, 5.41) is 0. The van der Waals surface area contributed by atoms with E-state index in [1.165, 1.54) is 0 Å². The maximum absolute atomic E-state index is 11.0. The third kappa shape index (κ3) is 6.09. The van der Waals surface area contributed by atoms with E-state index < -0.39 is 8.32 Å². The average Bonchev–Trinajstić information content (AvgIpc) is 1.82. The van der Waals surface area contributed by atoms with Gasteiger partial charge >= 0.3 is 0 Å². The van der Waals surface area contributed by atoms with Gasteiger partial charge in [0.05, 0.1) is 0 Å². The second-order valence-electron chi connectivity index (χ2n) is 3.66. The minimum atomic E-state index is -1.80. The van der Waals surface area contributed by atoms with E-state index in [4.69, 9.17) is 4.43 Å². The standard InChI is InChI=1S/C8H16O3Si/c1-5-7(9)6-8(10)11-12(2,3)4/h5-6H2,1-4H3. The van der Waals surface area contributed by atoms with E-state index in [-0.39, 0.29) is 18.2 Å². The van der Waals surface area contributed by atoms with E-state index in [1.807, 2.05) is 19.6 Å². The number of rotatable bonds is 4. The fourth-order valence-corrected chi connectivity index (χ4v) is 1.42. The monoisotopic (exact) mass is 188 g/mol. The van der Waals surface area contributed by atoms with Gasteiger partial charge in [-0.2, -0.15) is 0 Å². The Hall–Kier alpha value is -0.643. The number of ketones is 1. The summed E-state index contributed by atoms with van der Waals surface area (Å²) in [6, 6.07) is 0. The number of hydrogen-bond donors (Lipinski definition) is 0. The van der Waals surface area contributed by atoms with Gasteiger partial charge in [-0.05, 0) is 19.6 Å². The second kappa shape index (κ2) is 4.40. The summed E-state index contributed by atoms with van der Waals surface area (Å²) in [6.45, 7) is 7.49. The van der Waals surface area contributed by atoms with Crippen molar-refractivity contribution >= 4 is 20.1 Å². The number of hydrogen-bond acceptors (Lipinski definition) is 3. The zero-order valence-corrected chi connectivity index (χ0v) is 9.14. The topological polar surface area (TPSA) is 43.4 Å². The maximum atomic E-state index is 11.0. The quantitative estimate of drug-likeness (QED) is 0.498. The Morgan fingerprint density at radius 2 is 1.75 bits per heavy atom. The lowest BCUT2D eigenvalue weighted by molar-refractivity contribution is -0.138. The smallest absolute Gasteiger partial charge is 0.299 e. The lowest BCUT2D eigenvalue weighted by atomic mass is 10.2. The van der Waals surface area contributed by atoms with E-state index in [0.29, 0.717) is 6.42 Å². The molecule has 0 aromatic carbocycles. The summed E-state index contributed by atoms with van der Waals surface area (Å²) < 4.78 is 5.09. The van der Waals surface area contributed by atoms with Gasteiger partial charge in [0.15, 0.2) is 0 Å². The molecule has 0 rings (SSSR count). The molecule has 70 valence electrons. The highest BCUT2D eigenvalue weighted by atomic mass is 28.4. The fraction of sp³-hybridized carbons (Fsp3) is 0.750. The molecule has 0 saturated heterocycles. The van der Waals surface area contributed by atoms with Gasteiger partial charge in [0, 0.05) is 6.42 Å². The molecule has 0 aliphatic rings. The molecule has 0 N–H and O–H groups in total. The first-order chi connectivity index (χ1) is 5.35. The van der Waals surface area contributed by atoms with Crippen LogP contribution in [0, 0.1) is 0 Å². The largest absolute Gasteiger partial charge is 0.520 e. The highest BCUT2D eigenvalue weighted by Crippen LogP contribution is 2.05. The van der Waals surface area contributed by atoms with Crippen LogP contribution in [-0.4, -0.2) is 20.1 Å². The van der Waals surface area contributed by atoms with Crippen LogP contribution < -0.4 is 0 Å². The van der Waals surface area contributed by atoms with Crippen LogP contribution in [-0.2, 0) is 14.0 Å². The van der Waals surface area contributed by atoms with E-state index >= 15 is 0 Å². The first-order valence-corrected chi connectivity index (χ1v) is 7.49. The molecule has 3 nitrogen and oxygen atoms in total. The van der Waals surface area contributed by atoms with Crippen molar-refractivity contribution in [3.05, 3.63) is 0 Å². The van der Waals surface area contributed by atoms with Gasteiger partial charge in [0.2, 0.25) is 8.32 Å². The summed E-state index contributed by atoms with van der Waals surface area (Å²) in [5.74, 6) is -0.431. The zero-order valence-electron chi connectivity index (χ0n) is 8.14. The lowest BCUT2D eigenvalue weighted by Crippen LogP contribution is -2.30. The highest BCUT2D eigenvalue weighted by Gasteiger charge is 2.20. The van der Waals surface area contributed by atoms with Crippen LogP contribution in [0.3, 0.4) is 0 Å². The third-order valence-electron chi connectivity index (χ3n) is 1.16. The first-order valence-electron chi connectivity index (χ1n) is 4.08. The summed E-state index contributed by atoms with van der Waals surface area (Å²) in [4.78, 5) is 21.8. The van der Waals surface area contributed by atoms with Crippen LogP contribution in [0.5, 0.6) is 0 Å². The molecule has 0 spiro atoms. The van der Waals surface area contributed by atoms with Crippen molar-refractivity contribution in [3.63, 3.8) is 0 Å². The van der Waals surface area contributed by atoms with Crippen LogP contribution in [0.4, 0.5) is 0 Å². The Morgan fingerprint density at radius 3 is 2.08 bits per heavy atom. The van der Waals surface area contributed by atoms with Gasteiger partial charge in [0.1, 0.15) is 12.2 Å². The summed E-state index contributed by atoms with van der Waals surface area (Å²) in [7, 11) is -1.80. The molecule has 0 aliphatic carbocycles. The molecule has 12 heavy (non-hydrogen) atoms. The lowest BCUT2D eigenvalue weighted by Gasteiger charge is -2.16. The number of carbonyl (C=O) groups is 2. The van der Waals surface area contributed by atoms with Crippen LogP contribution in [0.2, 0.25) is 19.6 Å². The van der Waals surface area contributed by atoms with Crippen molar-refractivity contribution in [1.82, 2.24) is 0 Å². The molecule has 0 aromatic heterocycles. The molecule has 0 unspecified atom stereocenters. The molecule has 0 aliphatic heterocycles. The summed E-state index contributed by atoms with van der Waals surface area (Å²) >= 11 is 0. The van der Waals surface area contributed by atoms with Crippen molar-refractivity contribution in [3.8, 4) is 0 Å². The minimum absolute atomic E-state index is 0.0572. The Bertz CT molecular complexity index is 181. The predicted octanol–water partition coefficient (Wildman–Crippen LogP) is 1.73. The van der Waals surface area contributed by atoms with E-state index in [1.54, 1.807) is 6.92 Å². The zero-order chi connectivity index (χ0) is 9.78. The Balaban J connectivity index is 3.83. The molecular weight excluding hydrogens is 172 g/mol. The fourth-order valence-electron chi connectivity index (χ4n) is 0.664. The van der Waals surface area contributed by atoms with Crippen LogP contribution in [0.25, 0.3) is 0 Å². The highest BCUT2D eigenvalue weighted by molar-refractivity contribution is 6.71. The van der Waals surface area contributed by atoms with Gasteiger partial charge < -0.3 is 4.43 Å². The Morgan fingerprint density at radius 1 is 1.25 bits per heavy atom.